The molecule has 0 saturated carbocycles. The standard InChI is InChI=1S/C10H17NO5S/c1-7(6-17(2,15)16)11-5-8(10(13)14)3-4-9(11)12/h7-8H,3-6H2,1-2H3,(H,13,14). The van der Waals surface area contributed by atoms with E-state index in [1.807, 2.05) is 0 Å². The maximum absolute atomic E-state index is 11.6. The van der Waals surface area contributed by atoms with Crippen molar-refractivity contribution in [3.8, 4) is 0 Å². The second kappa shape index (κ2) is 5.03. The van der Waals surface area contributed by atoms with Crippen molar-refractivity contribution >= 4 is 21.7 Å². The predicted octanol–water partition coefficient (Wildman–Crippen LogP) is -0.257. The van der Waals surface area contributed by atoms with Crippen LogP contribution >= 0.6 is 0 Å². The SMILES string of the molecule is CC(CS(C)(=O)=O)N1CC(C(=O)O)CCC1=O. The van der Waals surface area contributed by atoms with Gasteiger partial charge in [0.05, 0.1) is 11.7 Å². The summed E-state index contributed by atoms with van der Waals surface area (Å²) in [6.07, 6.45) is 1.61. The number of rotatable bonds is 4. The van der Waals surface area contributed by atoms with Crippen molar-refractivity contribution in [1.29, 1.82) is 0 Å². The minimum absolute atomic E-state index is 0.102. The third kappa shape index (κ3) is 3.99. The molecule has 0 aromatic carbocycles. The van der Waals surface area contributed by atoms with Crippen molar-refractivity contribution in [3.05, 3.63) is 0 Å². The first kappa shape index (κ1) is 14.0. The van der Waals surface area contributed by atoms with E-state index in [1.165, 1.54) is 4.90 Å². The van der Waals surface area contributed by atoms with Crippen LogP contribution in [0.3, 0.4) is 0 Å². The monoisotopic (exact) mass is 263 g/mol. The van der Waals surface area contributed by atoms with Crippen LogP contribution in [0.5, 0.6) is 0 Å². The number of nitrogens with zero attached hydrogens (tertiary/aromatic N) is 1. The molecule has 1 N–H and O–H groups in total. The number of piperidine rings is 1. The highest BCUT2D eigenvalue weighted by Gasteiger charge is 2.33. The molecule has 1 aliphatic rings. The van der Waals surface area contributed by atoms with Gasteiger partial charge in [-0.05, 0) is 13.3 Å². The fourth-order valence-corrected chi connectivity index (χ4v) is 3.08. The lowest BCUT2D eigenvalue weighted by atomic mass is 9.97. The van der Waals surface area contributed by atoms with Crippen LogP contribution in [0.15, 0.2) is 0 Å². The van der Waals surface area contributed by atoms with Crippen LogP contribution in [-0.2, 0) is 19.4 Å². The van der Waals surface area contributed by atoms with Crippen LogP contribution in [0.25, 0.3) is 0 Å². The molecule has 0 aromatic heterocycles. The number of likely N-dealkylation sites (tertiary alicyclic amines) is 1. The van der Waals surface area contributed by atoms with Gasteiger partial charge in [-0.25, -0.2) is 8.42 Å². The highest BCUT2D eigenvalue weighted by Crippen LogP contribution is 2.20. The number of hydrogen-bond acceptors (Lipinski definition) is 4. The Balaban J connectivity index is 2.73. The largest absolute Gasteiger partial charge is 0.481 e. The molecule has 1 saturated heterocycles. The number of carboxylic acid groups (broad SMARTS) is 1. The van der Waals surface area contributed by atoms with Crippen LogP contribution in [0.4, 0.5) is 0 Å². The van der Waals surface area contributed by atoms with Gasteiger partial charge in [0.25, 0.3) is 0 Å². The van der Waals surface area contributed by atoms with E-state index >= 15 is 0 Å². The Labute approximate surface area is 101 Å². The van der Waals surface area contributed by atoms with Crippen LogP contribution in [0, 0.1) is 5.92 Å². The quantitative estimate of drug-likeness (QED) is 0.754. The Morgan fingerprint density at radius 3 is 2.65 bits per heavy atom. The summed E-state index contributed by atoms with van der Waals surface area (Å²) in [5, 5.41) is 8.90. The van der Waals surface area contributed by atoms with Gasteiger partial charge >= 0.3 is 5.97 Å². The highest BCUT2D eigenvalue weighted by atomic mass is 32.2. The minimum Gasteiger partial charge on any atom is -0.481 e. The summed E-state index contributed by atoms with van der Waals surface area (Å²) in [7, 11) is -3.18. The van der Waals surface area contributed by atoms with Crippen LogP contribution in [-0.4, -0.2) is 54.9 Å². The molecule has 1 aliphatic heterocycles. The van der Waals surface area contributed by atoms with E-state index in [4.69, 9.17) is 5.11 Å². The zero-order valence-corrected chi connectivity index (χ0v) is 10.7. The summed E-state index contributed by atoms with van der Waals surface area (Å²) in [5.41, 5.74) is 0. The van der Waals surface area contributed by atoms with Crippen LogP contribution in [0.2, 0.25) is 0 Å². The van der Waals surface area contributed by atoms with Gasteiger partial charge in [-0.1, -0.05) is 0 Å². The van der Waals surface area contributed by atoms with Crippen LogP contribution in [0.1, 0.15) is 19.8 Å². The molecular weight excluding hydrogens is 246 g/mol. The van der Waals surface area contributed by atoms with Crippen molar-refractivity contribution in [3.63, 3.8) is 0 Å². The lowest BCUT2D eigenvalue weighted by Crippen LogP contribution is -2.49. The Morgan fingerprint density at radius 1 is 1.59 bits per heavy atom. The molecule has 0 spiro atoms. The molecule has 0 aliphatic carbocycles. The lowest BCUT2D eigenvalue weighted by Gasteiger charge is -2.35. The van der Waals surface area contributed by atoms with Gasteiger partial charge in [-0.2, -0.15) is 0 Å². The highest BCUT2D eigenvalue weighted by molar-refractivity contribution is 7.90. The summed E-state index contributed by atoms with van der Waals surface area (Å²) >= 11 is 0. The number of hydrogen-bond donors (Lipinski definition) is 1. The Bertz CT molecular complexity index is 416. The first-order chi connectivity index (χ1) is 7.70. The van der Waals surface area contributed by atoms with Gasteiger partial charge in [-0.3, -0.25) is 9.59 Å². The van der Waals surface area contributed by atoms with E-state index in [0.29, 0.717) is 6.42 Å². The first-order valence-electron chi connectivity index (χ1n) is 5.40. The third-order valence-electron chi connectivity index (χ3n) is 2.87. The smallest absolute Gasteiger partial charge is 0.308 e. The predicted molar refractivity (Wildman–Crippen MR) is 61.2 cm³/mol. The van der Waals surface area contributed by atoms with Gasteiger partial charge in [-0.15, -0.1) is 0 Å². The molecule has 6 nitrogen and oxygen atoms in total. The van der Waals surface area contributed by atoms with Crippen molar-refractivity contribution in [2.45, 2.75) is 25.8 Å². The molecule has 1 fully saturated rings. The summed E-state index contributed by atoms with van der Waals surface area (Å²) in [5.74, 6) is -1.83. The van der Waals surface area contributed by atoms with Gasteiger partial charge in [0, 0.05) is 25.3 Å². The number of carbonyl (C=O) groups is 2. The summed E-state index contributed by atoms with van der Waals surface area (Å²) in [6, 6.07) is -0.473. The fourth-order valence-electron chi connectivity index (χ4n) is 2.03. The molecule has 98 valence electrons. The normalized spacial score (nSPS) is 23.5. The van der Waals surface area contributed by atoms with Gasteiger partial charge in [0.1, 0.15) is 9.84 Å². The number of sulfone groups is 1. The molecule has 1 rings (SSSR count). The average molecular weight is 263 g/mol. The second-order valence-electron chi connectivity index (χ2n) is 4.56. The molecule has 2 unspecified atom stereocenters. The zero-order chi connectivity index (χ0) is 13.2. The zero-order valence-electron chi connectivity index (χ0n) is 9.92. The third-order valence-corrected chi connectivity index (χ3v) is 3.96. The Morgan fingerprint density at radius 2 is 2.18 bits per heavy atom. The summed E-state index contributed by atoms with van der Waals surface area (Å²) in [6.45, 7) is 1.73. The van der Waals surface area contributed by atoms with Crippen LogP contribution < -0.4 is 0 Å². The molecule has 2 atom stereocenters. The minimum atomic E-state index is -3.18. The molecule has 7 heteroatoms. The lowest BCUT2D eigenvalue weighted by molar-refractivity contribution is -0.148. The van der Waals surface area contributed by atoms with E-state index in [9.17, 15) is 18.0 Å². The van der Waals surface area contributed by atoms with Gasteiger partial charge < -0.3 is 10.0 Å². The topological polar surface area (TPSA) is 91.8 Å². The summed E-state index contributed by atoms with van der Waals surface area (Å²) in [4.78, 5) is 23.9. The average Bonchev–Trinajstić information content (AvgIpc) is 2.14. The first-order valence-corrected chi connectivity index (χ1v) is 7.46. The van der Waals surface area contributed by atoms with E-state index in [1.54, 1.807) is 6.92 Å². The Kier molecular flexibility index (Phi) is 4.13. The maximum Gasteiger partial charge on any atom is 0.308 e. The molecule has 1 amide bonds. The molecular formula is C10H17NO5S. The van der Waals surface area contributed by atoms with Crippen molar-refractivity contribution in [2.24, 2.45) is 5.92 Å². The number of amides is 1. The van der Waals surface area contributed by atoms with E-state index < -0.39 is 27.8 Å². The Hall–Kier alpha value is -1.11. The van der Waals surface area contributed by atoms with E-state index in [2.05, 4.69) is 0 Å². The fraction of sp³-hybridized carbons (Fsp3) is 0.800. The van der Waals surface area contributed by atoms with Crippen molar-refractivity contribution < 1.29 is 23.1 Å². The molecule has 1 heterocycles. The molecule has 17 heavy (non-hydrogen) atoms. The second-order valence-corrected chi connectivity index (χ2v) is 6.75. The van der Waals surface area contributed by atoms with Gasteiger partial charge in [0.15, 0.2) is 0 Å². The van der Waals surface area contributed by atoms with Crippen molar-refractivity contribution in [2.75, 3.05) is 18.6 Å². The van der Waals surface area contributed by atoms with Gasteiger partial charge in [0.2, 0.25) is 5.91 Å². The van der Waals surface area contributed by atoms with E-state index in [0.717, 1.165) is 6.26 Å². The molecule has 0 bridgehead atoms. The number of aliphatic carboxylic acids is 1. The maximum atomic E-state index is 11.6. The number of carboxylic acids is 1. The molecule has 0 radical (unpaired) electrons. The molecule has 0 aromatic rings. The summed E-state index contributed by atoms with van der Waals surface area (Å²) < 4.78 is 22.3. The van der Waals surface area contributed by atoms with E-state index in [-0.39, 0.29) is 24.6 Å². The van der Waals surface area contributed by atoms with Crippen molar-refractivity contribution in [1.82, 2.24) is 4.90 Å². The number of carbonyl (C=O) groups excluding carboxylic acids is 1.